The van der Waals surface area contributed by atoms with Gasteiger partial charge in [-0.3, -0.25) is 0 Å². The molecule has 7 heteroatoms. The van der Waals surface area contributed by atoms with E-state index in [9.17, 15) is 0 Å². The molecule has 2 rings (SSSR count). The second-order valence-electron chi connectivity index (χ2n) is 5.04. The van der Waals surface area contributed by atoms with E-state index in [2.05, 4.69) is 51.9 Å². The highest BCUT2D eigenvalue weighted by Gasteiger charge is 2.23. The predicted octanol–water partition coefficient (Wildman–Crippen LogP) is 3.79. The van der Waals surface area contributed by atoms with Gasteiger partial charge in [-0.15, -0.1) is 10.2 Å². The minimum absolute atomic E-state index is 0.0456. The second-order valence-corrected chi connectivity index (χ2v) is 8.57. The van der Waals surface area contributed by atoms with Crippen LogP contribution >= 0.6 is 39.0 Å². The first-order chi connectivity index (χ1) is 8.29. The number of hydrogen-bond acceptors (Lipinski definition) is 5. The van der Waals surface area contributed by atoms with Crippen molar-refractivity contribution in [2.45, 2.75) is 42.6 Å². The van der Waals surface area contributed by atoms with Gasteiger partial charge in [0.2, 0.25) is 0 Å². The SMILES string of the molecule is Cc1nnc(Sc2nc(C(C)(C)C)c(Br)s2)n1C. The summed E-state index contributed by atoms with van der Waals surface area (Å²) in [5.41, 5.74) is 1.14. The van der Waals surface area contributed by atoms with Crippen molar-refractivity contribution in [2.75, 3.05) is 0 Å². The van der Waals surface area contributed by atoms with Crippen LogP contribution in [0, 0.1) is 6.92 Å². The second kappa shape index (κ2) is 4.94. The average Bonchev–Trinajstić information content (AvgIpc) is 2.76. The maximum absolute atomic E-state index is 4.68. The summed E-state index contributed by atoms with van der Waals surface area (Å²) >= 11 is 6.78. The summed E-state index contributed by atoms with van der Waals surface area (Å²) in [6.07, 6.45) is 0. The largest absolute Gasteiger partial charge is 0.309 e. The van der Waals surface area contributed by atoms with Crippen LogP contribution < -0.4 is 0 Å². The van der Waals surface area contributed by atoms with Gasteiger partial charge in [-0.25, -0.2) is 4.98 Å². The molecule has 0 fully saturated rings. The van der Waals surface area contributed by atoms with Gasteiger partial charge in [0.05, 0.1) is 9.48 Å². The standard InChI is InChI=1S/C11H15BrN4S2/c1-6-14-15-9(16(6)5)18-10-13-7(8(12)17-10)11(2,3)4/h1-5H3. The lowest BCUT2D eigenvalue weighted by Gasteiger charge is -2.15. The molecule has 2 aromatic heterocycles. The van der Waals surface area contributed by atoms with Gasteiger partial charge < -0.3 is 4.57 Å². The Labute approximate surface area is 123 Å². The van der Waals surface area contributed by atoms with E-state index < -0.39 is 0 Å². The van der Waals surface area contributed by atoms with Crippen LogP contribution in [0.2, 0.25) is 0 Å². The molecule has 0 amide bonds. The Balaban J connectivity index is 2.29. The maximum atomic E-state index is 4.68. The Bertz CT molecular complexity index is 568. The van der Waals surface area contributed by atoms with Gasteiger partial charge in [0.25, 0.3) is 0 Å². The molecule has 4 nitrogen and oxygen atoms in total. The summed E-state index contributed by atoms with van der Waals surface area (Å²) in [6.45, 7) is 8.42. The van der Waals surface area contributed by atoms with E-state index in [4.69, 9.17) is 0 Å². The van der Waals surface area contributed by atoms with Crippen LogP contribution in [0.5, 0.6) is 0 Å². The van der Waals surface area contributed by atoms with Crippen molar-refractivity contribution >= 4 is 39.0 Å². The molecule has 0 aromatic carbocycles. The molecule has 0 spiro atoms. The van der Waals surface area contributed by atoms with E-state index >= 15 is 0 Å². The first-order valence-electron chi connectivity index (χ1n) is 5.49. The zero-order valence-electron chi connectivity index (χ0n) is 11.0. The molecule has 98 valence electrons. The third-order valence-electron chi connectivity index (χ3n) is 2.51. The van der Waals surface area contributed by atoms with Crippen molar-refractivity contribution in [3.8, 4) is 0 Å². The van der Waals surface area contributed by atoms with Crippen molar-refractivity contribution < 1.29 is 0 Å². The normalized spacial score (nSPS) is 12.1. The first-order valence-corrected chi connectivity index (χ1v) is 7.92. The number of aryl methyl sites for hydroxylation is 1. The van der Waals surface area contributed by atoms with Gasteiger partial charge in [0.15, 0.2) is 9.50 Å². The lowest BCUT2D eigenvalue weighted by molar-refractivity contribution is 0.566. The molecule has 0 saturated carbocycles. The van der Waals surface area contributed by atoms with Crippen molar-refractivity contribution in [1.82, 2.24) is 19.7 Å². The zero-order valence-corrected chi connectivity index (χ0v) is 14.2. The Kier molecular flexibility index (Phi) is 3.85. The lowest BCUT2D eigenvalue weighted by Crippen LogP contribution is -2.12. The van der Waals surface area contributed by atoms with Gasteiger partial charge in [-0.2, -0.15) is 0 Å². The topological polar surface area (TPSA) is 43.6 Å². The Morgan fingerprint density at radius 3 is 2.39 bits per heavy atom. The summed E-state index contributed by atoms with van der Waals surface area (Å²) in [4.78, 5) is 4.68. The molecule has 0 unspecified atom stereocenters. The van der Waals surface area contributed by atoms with Crippen LogP contribution in [0.1, 0.15) is 32.3 Å². The number of halogens is 1. The van der Waals surface area contributed by atoms with Crippen molar-refractivity contribution in [3.05, 3.63) is 15.3 Å². The van der Waals surface area contributed by atoms with E-state index in [0.29, 0.717) is 0 Å². The van der Waals surface area contributed by atoms with E-state index in [0.717, 1.165) is 24.8 Å². The summed E-state index contributed by atoms with van der Waals surface area (Å²) < 4.78 is 4.05. The number of thiazole rings is 1. The number of hydrogen-bond donors (Lipinski definition) is 0. The number of rotatable bonds is 2. The molecule has 0 N–H and O–H groups in total. The molecule has 0 aliphatic carbocycles. The lowest BCUT2D eigenvalue weighted by atomic mass is 9.93. The quantitative estimate of drug-likeness (QED) is 0.829. The number of aromatic nitrogens is 4. The summed E-state index contributed by atoms with van der Waals surface area (Å²) in [6, 6.07) is 0. The minimum Gasteiger partial charge on any atom is -0.309 e. The van der Waals surface area contributed by atoms with Crippen LogP contribution in [0.15, 0.2) is 13.3 Å². The van der Waals surface area contributed by atoms with Crippen LogP contribution in [0.3, 0.4) is 0 Å². The monoisotopic (exact) mass is 346 g/mol. The number of nitrogens with zero attached hydrogens (tertiary/aromatic N) is 4. The van der Waals surface area contributed by atoms with E-state index in [1.165, 1.54) is 0 Å². The minimum atomic E-state index is 0.0456. The Morgan fingerprint density at radius 2 is 1.94 bits per heavy atom. The molecule has 0 radical (unpaired) electrons. The smallest absolute Gasteiger partial charge is 0.198 e. The molecular formula is C11H15BrN4S2. The highest BCUT2D eigenvalue weighted by atomic mass is 79.9. The van der Waals surface area contributed by atoms with Gasteiger partial charge in [-0.1, -0.05) is 32.1 Å². The molecule has 0 atom stereocenters. The fourth-order valence-electron chi connectivity index (χ4n) is 1.34. The highest BCUT2D eigenvalue weighted by Crippen LogP contribution is 2.39. The molecule has 0 bridgehead atoms. The van der Waals surface area contributed by atoms with E-state index in [-0.39, 0.29) is 5.41 Å². The van der Waals surface area contributed by atoms with Crippen molar-refractivity contribution in [1.29, 1.82) is 0 Å². The fourth-order valence-corrected chi connectivity index (χ4v) is 4.83. The summed E-state index contributed by atoms with van der Waals surface area (Å²) in [5.74, 6) is 0.907. The molecule has 0 aliphatic heterocycles. The van der Waals surface area contributed by atoms with E-state index in [1.54, 1.807) is 23.1 Å². The van der Waals surface area contributed by atoms with Crippen LogP contribution in [-0.2, 0) is 12.5 Å². The third-order valence-corrected chi connectivity index (χ3v) is 5.31. The Morgan fingerprint density at radius 1 is 1.28 bits per heavy atom. The molecule has 0 aliphatic rings. The molecule has 18 heavy (non-hydrogen) atoms. The third kappa shape index (κ3) is 2.78. The summed E-state index contributed by atoms with van der Waals surface area (Å²) in [7, 11) is 1.96. The van der Waals surface area contributed by atoms with Gasteiger partial charge in [0, 0.05) is 12.5 Å². The Hall–Kier alpha value is -0.400. The van der Waals surface area contributed by atoms with E-state index in [1.807, 2.05) is 18.5 Å². The van der Waals surface area contributed by atoms with Crippen LogP contribution in [0.4, 0.5) is 0 Å². The van der Waals surface area contributed by atoms with Crippen molar-refractivity contribution in [3.63, 3.8) is 0 Å². The maximum Gasteiger partial charge on any atom is 0.198 e. The average molecular weight is 347 g/mol. The molecular weight excluding hydrogens is 332 g/mol. The highest BCUT2D eigenvalue weighted by molar-refractivity contribution is 9.11. The van der Waals surface area contributed by atoms with Gasteiger partial charge in [0.1, 0.15) is 5.82 Å². The molecule has 2 heterocycles. The van der Waals surface area contributed by atoms with Crippen molar-refractivity contribution in [2.24, 2.45) is 7.05 Å². The van der Waals surface area contributed by atoms with Gasteiger partial charge in [-0.05, 0) is 34.6 Å². The molecule has 2 aromatic rings. The fraction of sp³-hybridized carbons (Fsp3) is 0.545. The first kappa shape index (κ1) is 14.0. The van der Waals surface area contributed by atoms with Crippen LogP contribution in [-0.4, -0.2) is 19.7 Å². The van der Waals surface area contributed by atoms with Gasteiger partial charge >= 0.3 is 0 Å². The van der Waals surface area contributed by atoms with Crippen LogP contribution in [0.25, 0.3) is 0 Å². The predicted molar refractivity (Wildman–Crippen MR) is 78.4 cm³/mol. The molecule has 0 saturated heterocycles. The zero-order chi connectivity index (χ0) is 13.5. The summed E-state index contributed by atoms with van der Waals surface area (Å²) in [5, 5.41) is 9.06.